The molecule has 11 heteroatoms. The third kappa shape index (κ3) is 6.49. The van der Waals surface area contributed by atoms with Gasteiger partial charge in [-0.1, -0.05) is 30.3 Å². The fourth-order valence-corrected chi connectivity index (χ4v) is 5.64. The van der Waals surface area contributed by atoms with E-state index in [0.717, 1.165) is 27.5 Å². The van der Waals surface area contributed by atoms with Crippen molar-refractivity contribution in [3.05, 3.63) is 64.2 Å². The lowest BCUT2D eigenvalue weighted by Gasteiger charge is -2.36. The van der Waals surface area contributed by atoms with E-state index >= 15 is 0 Å². The molecule has 0 N–H and O–H groups in total. The predicted molar refractivity (Wildman–Crippen MR) is 132 cm³/mol. The van der Waals surface area contributed by atoms with E-state index in [4.69, 9.17) is 9.47 Å². The number of rotatable bonds is 11. The molecule has 1 heterocycles. The first-order valence-corrected chi connectivity index (χ1v) is 12.9. The fourth-order valence-electron chi connectivity index (χ4n) is 4.07. The third-order valence-corrected chi connectivity index (χ3v) is 7.97. The number of esters is 1. The molecule has 0 radical (unpaired) electrons. The maximum Gasteiger partial charge on any atom is 0.324 e. The van der Waals surface area contributed by atoms with Crippen LogP contribution in [-0.4, -0.2) is 57.0 Å². The number of hydrogen-bond donors (Lipinski definition) is 0. The van der Waals surface area contributed by atoms with E-state index in [0.29, 0.717) is 25.7 Å². The Morgan fingerprint density at radius 2 is 1.91 bits per heavy atom. The normalized spacial score (nSPS) is 16.5. The second-order valence-corrected chi connectivity index (χ2v) is 10.2. The standard InChI is InChI=1S/C24H31N3O7S/c1-25(20-14-15-23(33-2)22(18-20)27(29)30)35(31,32)26-16-8-6-13-21(26)24(28)34-17-9-7-12-19-10-4-3-5-11-19/h3-5,10-11,14-15,18,21H,6-9,12-13,16-17H2,1-2H3/t21-/m0/s1. The molecule has 0 spiro atoms. The molecule has 1 aliphatic rings. The first-order chi connectivity index (χ1) is 16.8. The highest BCUT2D eigenvalue weighted by atomic mass is 32.2. The Hall–Kier alpha value is -3.18. The van der Waals surface area contributed by atoms with E-state index in [2.05, 4.69) is 0 Å². The molecule has 2 aromatic rings. The van der Waals surface area contributed by atoms with Gasteiger partial charge in [-0.05, 0) is 56.2 Å². The van der Waals surface area contributed by atoms with E-state index in [-0.39, 0.29) is 30.3 Å². The number of nitrogens with zero attached hydrogens (tertiary/aromatic N) is 3. The number of benzene rings is 2. The summed E-state index contributed by atoms with van der Waals surface area (Å²) in [6.45, 7) is 0.384. The number of carbonyl (C=O) groups is 1. The molecule has 0 aromatic heterocycles. The number of nitro groups is 1. The summed E-state index contributed by atoms with van der Waals surface area (Å²) in [7, 11) is -1.53. The maximum absolute atomic E-state index is 13.4. The van der Waals surface area contributed by atoms with Crippen molar-refractivity contribution in [3.8, 4) is 5.75 Å². The second-order valence-electron chi connectivity index (χ2n) is 8.32. The Bertz CT molecular complexity index is 1130. The van der Waals surface area contributed by atoms with Crippen LogP contribution in [0, 0.1) is 10.1 Å². The van der Waals surface area contributed by atoms with Crippen LogP contribution in [0.5, 0.6) is 5.75 Å². The molecule has 0 saturated carbocycles. The third-order valence-electron chi connectivity index (χ3n) is 6.04. The van der Waals surface area contributed by atoms with Gasteiger partial charge in [0, 0.05) is 19.7 Å². The number of carbonyl (C=O) groups excluding carboxylic acids is 1. The van der Waals surface area contributed by atoms with Gasteiger partial charge in [-0.3, -0.25) is 19.2 Å². The van der Waals surface area contributed by atoms with Crippen LogP contribution in [0.25, 0.3) is 0 Å². The van der Waals surface area contributed by atoms with Gasteiger partial charge in [-0.25, -0.2) is 0 Å². The summed E-state index contributed by atoms with van der Waals surface area (Å²) in [4.78, 5) is 23.5. The highest BCUT2D eigenvalue weighted by molar-refractivity contribution is 7.90. The molecule has 0 aliphatic carbocycles. The van der Waals surface area contributed by atoms with Gasteiger partial charge in [0.15, 0.2) is 5.75 Å². The Balaban J connectivity index is 1.65. The zero-order chi connectivity index (χ0) is 25.4. The lowest BCUT2D eigenvalue weighted by Crippen LogP contribution is -2.53. The van der Waals surface area contributed by atoms with Crippen molar-refractivity contribution < 1.29 is 27.6 Å². The van der Waals surface area contributed by atoms with Crippen LogP contribution in [0.4, 0.5) is 11.4 Å². The molecule has 2 aromatic carbocycles. The van der Waals surface area contributed by atoms with E-state index < -0.39 is 27.1 Å². The maximum atomic E-state index is 13.4. The highest BCUT2D eigenvalue weighted by Gasteiger charge is 2.40. The number of methoxy groups -OCH3 is 1. The molecule has 10 nitrogen and oxygen atoms in total. The van der Waals surface area contributed by atoms with Gasteiger partial charge in [-0.15, -0.1) is 0 Å². The molecule has 3 rings (SSSR count). The number of unbranched alkanes of at least 4 members (excludes halogenated alkanes) is 1. The molecule has 35 heavy (non-hydrogen) atoms. The van der Waals surface area contributed by atoms with Crippen molar-refractivity contribution in [2.75, 3.05) is 31.6 Å². The van der Waals surface area contributed by atoms with Crippen molar-refractivity contribution in [2.45, 2.75) is 44.6 Å². The predicted octanol–water partition coefficient (Wildman–Crippen LogP) is 3.71. The average molecular weight is 506 g/mol. The zero-order valence-corrected chi connectivity index (χ0v) is 20.8. The summed E-state index contributed by atoms with van der Waals surface area (Å²) < 4.78 is 39.3. The van der Waals surface area contributed by atoms with Gasteiger partial charge in [0.2, 0.25) is 0 Å². The van der Waals surface area contributed by atoms with E-state index in [9.17, 15) is 23.3 Å². The monoisotopic (exact) mass is 505 g/mol. The molecule has 190 valence electrons. The Morgan fingerprint density at radius 1 is 1.17 bits per heavy atom. The van der Waals surface area contributed by atoms with Gasteiger partial charge in [0.25, 0.3) is 0 Å². The first-order valence-electron chi connectivity index (χ1n) is 11.5. The summed E-state index contributed by atoms with van der Waals surface area (Å²) in [5, 5.41) is 11.4. The number of hydrogen-bond acceptors (Lipinski definition) is 7. The SMILES string of the molecule is COc1ccc(N(C)S(=O)(=O)N2CCCC[C@H]2C(=O)OCCCCc2ccccc2)cc1[N+](=O)[O-]. The van der Waals surface area contributed by atoms with Crippen molar-refractivity contribution in [2.24, 2.45) is 0 Å². The van der Waals surface area contributed by atoms with Crippen LogP contribution in [-0.2, 0) is 26.2 Å². The van der Waals surface area contributed by atoms with Gasteiger partial charge < -0.3 is 9.47 Å². The van der Waals surface area contributed by atoms with Gasteiger partial charge in [0.1, 0.15) is 6.04 Å². The highest BCUT2D eigenvalue weighted by Crippen LogP contribution is 2.33. The Morgan fingerprint density at radius 3 is 2.60 bits per heavy atom. The lowest BCUT2D eigenvalue weighted by atomic mass is 10.1. The molecule has 1 atom stereocenters. The first kappa shape index (κ1) is 26.4. The molecule has 1 aliphatic heterocycles. The van der Waals surface area contributed by atoms with Crippen LogP contribution in [0.1, 0.15) is 37.7 Å². The molecule has 1 fully saturated rings. The number of piperidine rings is 1. The summed E-state index contributed by atoms with van der Waals surface area (Å²) in [6.07, 6.45) is 4.08. The molecule has 0 bridgehead atoms. The molecule has 0 unspecified atom stereocenters. The number of nitro benzene ring substituents is 1. The van der Waals surface area contributed by atoms with Crippen LogP contribution in [0.2, 0.25) is 0 Å². The van der Waals surface area contributed by atoms with Gasteiger partial charge in [-0.2, -0.15) is 12.7 Å². The summed E-state index contributed by atoms with van der Waals surface area (Å²) in [5.74, 6) is -0.543. The van der Waals surface area contributed by atoms with Crippen LogP contribution in [0.15, 0.2) is 48.5 Å². The second kappa shape index (κ2) is 12.0. The smallest absolute Gasteiger partial charge is 0.324 e. The zero-order valence-electron chi connectivity index (χ0n) is 20.0. The Labute approximate surface area is 205 Å². The minimum absolute atomic E-state index is 0.0243. The Kier molecular flexibility index (Phi) is 9.05. The summed E-state index contributed by atoms with van der Waals surface area (Å²) in [6, 6.07) is 13.0. The summed E-state index contributed by atoms with van der Waals surface area (Å²) in [5.41, 5.74) is 0.957. The molecule has 0 amide bonds. The minimum atomic E-state index is -4.14. The topological polar surface area (TPSA) is 119 Å². The molecular formula is C24H31N3O7S. The fraction of sp³-hybridized carbons (Fsp3) is 0.458. The largest absolute Gasteiger partial charge is 0.490 e. The average Bonchev–Trinajstić information content (AvgIpc) is 2.88. The van der Waals surface area contributed by atoms with Crippen molar-refractivity contribution in [1.82, 2.24) is 4.31 Å². The van der Waals surface area contributed by atoms with Crippen LogP contribution >= 0.6 is 0 Å². The van der Waals surface area contributed by atoms with E-state index in [1.54, 1.807) is 0 Å². The van der Waals surface area contributed by atoms with Gasteiger partial charge in [0.05, 0.1) is 24.3 Å². The van der Waals surface area contributed by atoms with Crippen molar-refractivity contribution >= 4 is 27.6 Å². The minimum Gasteiger partial charge on any atom is -0.490 e. The number of anilines is 1. The van der Waals surface area contributed by atoms with E-state index in [1.165, 1.54) is 31.9 Å². The molecular weight excluding hydrogens is 474 g/mol. The van der Waals surface area contributed by atoms with Crippen molar-refractivity contribution in [1.29, 1.82) is 0 Å². The lowest BCUT2D eigenvalue weighted by molar-refractivity contribution is -0.385. The van der Waals surface area contributed by atoms with Gasteiger partial charge >= 0.3 is 21.9 Å². The molecule has 1 saturated heterocycles. The van der Waals surface area contributed by atoms with Crippen molar-refractivity contribution in [3.63, 3.8) is 0 Å². The van der Waals surface area contributed by atoms with Crippen LogP contribution < -0.4 is 9.04 Å². The number of ether oxygens (including phenoxy) is 2. The summed E-state index contributed by atoms with van der Waals surface area (Å²) >= 11 is 0. The van der Waals surface area contributed by atoms with E-state index in [1.807, 2.05) is 30.3 Å². The number of aryl methyl sites for hydroxylation is 1. The quantitative estimate of drug-likeness (QED) is 0.198. The van der Waals surface area contributed by atoms with Crippen LogP contribution in [0.3, 0.4) is 0 Å².